The number of hydrogen-bond acceptors (Lipinski definition) is 3. The second kappa shape index (κ2) is 8.94. The summed E-state index contributed by atoms with van der Waals surface area (Å²) in [5.74, 6) is -0.482. The van der Waals surface area contributed by atoms with E-state index in [1.54, 1.807) is 12.3 Å². The van der Waals surface area contributed by atoms with E-state index in [1.165, 1.54) is 30.5 Å². The Labute approximate surface area is 171 Å². The Kier molecular flexibility index (Phi) is 6.34. The van der Waals surface area contributed by atoms with Crippen molar-refractivity contribution in [2.75, 3.05) is 0 Å². The monoisotopic (exact) mass is 415 g/mol. The van der Waals surface area contributed by atoms with Crippen LogP contribution in [0.1, 0.15) is 52.1 Å². The molecule has 0 bridgehead atoms. The molecule has 0 aliphatic carbocycles. The fraction of sp³-hybridized carbons (Fsp3) is 0.227. The summed E-state index contributed by atoms with van der Waals surface area (Å²) in [6.45, 7) is 2.00. The molecule has 0 saturated heterocycles. The zero-order valence-corrected chi connectivity index (χ0v) is 16.2. The van der Waals surface area contributed by atoms with Crippen molar-refractivity contribution in [1.29, 1.82) is 0 Å². The SMILES string of the molecule is CCCc1cccnc1C(NC(=O)c1ccc(=O)[nH]c1)c1ccc(C(F)(F)F)cc1. The Balaban J connectivity index is 2.02. The summed E-state index contributed by atoms with van der Waals surface area (Å²) in [4.78, 5) is 30.9. The van der Waals surface area contributed by atoms with E-state index in [4.69, 9.17) is 0 Å². The molecule has 2 N–H and O–H groups in total. The Morgan fingerprint density at radius 1 is 1.13 bits per heavy atom. The van der Waals surface area contributed by atoms with Crippen LogP contribution in [-0.2, 0) is 12.6 Å². The standard InChI is InChI=1S/C22H20F3N3O2/c1-2-4-14-5-3-12-26-19(14)20(15-6-9-17(10-7-15)22(23,24)25)28-21(30)16-8-11-18(29)27-13-16/h3,5-13,20H,2,4H2,1H3,(H,27,29)(H,28,30). The topological polar surface area (TPSA) is 74.8 Å². The number of amides is 1. The number of hydrogen-bond donors (Lipinski definition) is 2. The fourth-order valence-electron chi connectivity index (χ4n) is 3.13. The Hall–Kier alpha value is -3.42. The van der Waals surface area contributed by atoms with Crippen LogP contribution in [0.15, 0.2) is 65.7 Å². The molecule has 0 aliphatic rings. The lowest BCUT2D eigenvalue weighted by atomic mass is 9.96. The molecular weight excluding hydrogens is 395 g/mol. The van der Waals surface area contributed by atoms with E-state index in [-0.39, 0.29) is 11.1 Å². The Bertz CT molecular complexity index is 1060. The van der Waals surface area contributed by atoms with Crippen LogP contribution in [0, 0.1) is 0 Å². The van der Waals surface area contributed by atoms with Crippen molar-refractivity contribution < 1.29 is 18.0 Å². The van der Waals surface area contributed by atoms with Gasteiger partial charge in [0.05, 0.1) is 22.9 Å². The zero-order valence-electron chi connectivity index (χ0n) is 16.2. The van der Waals surface area contributed by atoms with Gasteiger partial charge in [-0.1, -0.05) is 31.5 Å². The van der Waals surface area contributed by atoms with E-state index in [0.717, 1.165) is 24.1 Å². The number of halogens is 3. The molecule has 1 amide bonds. The lowest BCUT2D eigenvalue weighted by molar-refractivity contribution is -0.137. The lowest BCUT2D eigenvalue weighted by Crippen LogP contribution is -2.31. The summed E-state index contributed by atoms with van der Waals surface area (Å²) in [6.07, 6.45) is -0.0444. The number of H-pyrrole nitrogens is 1. The van der Waals surface area contributed by atoms with Gasteiger partial charge in [-0.2, -0.15) is 13.2 Å². The second-order valence-corrected chi connectivity index (χ2v) is 6.77. The predicted molar refractivity (Wildman–Crippen MR) is 106 cm³/mol. The van der Waals surface area contributed by atoms with E-state index >= 15 is 0 Å². The lowest BCUT2D eigenvalue weighted by Gasteiger charge is -2.22. The number of rotatable bonds is 6. The van der Waals surface area contributed by atoms with Crippen molar-refractivity contribution in [3.05, 3.63) is 99.2 Å². The maximum absolute atomic E-state index is 13.0. The van der Waals surface area contributed by atoms with Gasteiger partial charge in [0, 0.05) is 18.5 Å². The van der Waals surface area contributed by atoms with Gasteiger partial charge in [-0.25, -0.2) is 0 Å². The first-order valence-corrected chi connectivity index (χ1v) is 9.40. The number of aryl methyl sites for hydroxylation is 1. The Morgan fingerprint density at radius 2 is 1.87 bits per heavy atom. The summed E-state index contributed by atoms with van der Waals surface area (Å²) < 4.78 is 38.9. The van der Waals surface area contributed by atoms with Crippen LogP contribution in [0.4, 0.5) is 13.2 Å². The minimum Gasteiger partial charge on any atom is -0.339 e. The molecular formula is C22H20F3N3O2. The number of nitrogens with zero attached hydrogens (tertiary/aromatic N) is 1. The van der Waals surface area contributed by atoms with Crippen molar-refractivity contribution in [2.45, 2.75) is 32.0 Å². The molecule has 0 saturated carbocycles. The molecule has 156 valence electrons. The highest BCUT2D eigenvalue weighted by molar-refractivity contribution is 5.94. The predicted octanol–water partition coefficient (Wildman–Crippen LogP) is 4.26. The number of aromatic nitrogens is 2. The maximum Gasteiger partial charge on any atom is 0.416 e. The van der Waals surface area contributed by atoms with Gasteiger partial charge < -0.3 is 10.3 Å². The molecule has 30 heavy (non-hydrogen) atoms. The third kappa shape index (κ3) is 4.94. The number of pyridine rings is 2. The van der Waals surface area contributed by atoms with Crippen LogP contribution in [0.5, 0.6) is 0 Å². The molecule has 2 aromatic heterocycles. The molecule has 5 nitrogen and oxygen atoms in total. The quantitative estimate of drug-likeness (QED) is 0.632. The summed E-state index contributed by atoms with van der Waals surface area (Å²) in [5.41, 5.74) is 1.03. The van der Waals surface area contributed by atoms with Gasteiger partial charge in [-0.3, -0.25) is 14.6 Å². The Morgan fingerprint density at radius 3 is 2.47 bits per heavy atom. The third-order valence-corrected chi connectivity index (χ3v) is 4.61. The molecule has 1 aromatic carbocycles. The van der Waals surface area contributed by atoms with Gasteiger partial charge in [0.1, 0.15) is 0 Å². The molecule has 3 rings (SSSR count). The normalized spacial score (nSPS) is 12.4. The van der Waals surface area contributed by atoms with E-state index in [2.05, 4.69) is 15.3 Å². The van der Waals surface area contributed by atoms with Crippen LogP contribution < -0.4 is 10.9 Å². The van der Waals surface area contributed by atoms with Gasteiger partial charge in [0.25, 0.3) is 5.91 Å². The van der Waals surface area contributed by atoms with Gasteiger partial charge in [0.2, 0.25) is 5.56 Å². The first kappa shape index (κ1) is 21.3. The summed E-state index contributed by atoms with van der Waals surface area (Å²) in [7, 11) is 0. The fourth-order valence-corrected chi connectivity index (χ4v) is 3.13. The smallest absolute Gasteiger partial charge is 0.339 e. The molecule has 1 atom stereocenters. The van der Waals surface area contributed by atoms with E-state index in [9.17, 15) is 22.8 Å². The minimum absolute atomic E-state index is 0.222. The van der Waals surface area contributed by atoms with Crippen LogP contribution in [0.3, 0.4) is 0 Å². The highest BCUT2D eigenvalue weighted by Gasteiger charge is 2.31. The van der Waals surface area contributed by atoms with E-state index in [0.29, 0.717) is 17.7 Å². The van der Waals surface area contributed by atoms with E-state index < -0.39 is 23.7 Å². The average Bonchev–Trinajstić information content (AvgIpc) is 2.73. The van der Waals surface area contributed by atoms with Crippen LogP contribution in [0.2, 0.25) is 0 Å². The van der Waals surface area contributed by atoms with Gasteiger partial charge in [0.15, 0.2) is 0 Å². The van der Waals surface area contributed by atoms with Crippen molar-refractivity contribution in [2.24, 2.45) is 0 Å². The molecule has 3 aromatic rings. The number of alkyl halides is 3. The van der Waals surface area contributed by atoms with Gasteiger partial charge in [-0.05, 0) is 41.8 Å². The molecule has 1 unspecified atom stereocenters. The number of carbonyl (C=O) groups is 1. The average molecular weight is 415 g/mol. The third-order valence-electron chi connectivity index (χ3n) is 4.61. The first-order valence-electron chi connectivity index (χ1n) is 9.40. The van der Waals surface area contributed by atoms with Crippen molar-refractivity contribution >= 4 is 5.91 Å². The van der Waals surface area contributed by atoms with E-state index in [1.807, 2.05) is 13.0 Å². The summed E-state index contributed by atoms with van der Waals surface area (Å²) in [6, 6.07) is 10.2. The molecule has 2 heterocycles. The zero-order chi connectivity index (χ0) is 21.7. The largest absolute Gasteiger partial charge is 0.416 e. The minimum atomic E-state index is -4.45. The number of carbonyl (C=O) groups excluding carboxylic acids is 1. The second-order valence-electron chi connectivity index (χ2n) is 6.77. The van der Waals surface area contributed by atoms with Crippen molar-refractivity contribution in [1.82, 2.24) is 15.3 Å². The highest BCUT2D eigenvalue weighted by Crippen LogP contribution is 2.31. The summed E-state index contributed by atoms with van der Waals surface area (Å²) in [5, 5.41) is 2.84. The highest BCUT2D eigenvalue weighted by atomic mass is 19.4. The molecule has 8 heteroatoms. The number of nitrogens with one attached hydrogen (secondary N) is 2. The van der Waals surface area contributed by atoms with Crippen molar-refractivity contribution in [3.63, 3.8) is 0 Å². The number of aromatic amines is 1. The van der Waals surface area contributed by atoms with Crippen molar-refractivity contribution in [3.8, 4) is 0 Å². The van der Waals surface area contributed by atoms with Crippen LogP contribution >= 0.6 is 0 Å². The van der Waals surface area contributed by atoms with Gasteiger partial charge >= 0.3 is 6.18 Å². The molecule has 0 spiro atoms. The van der Waals surface area contributed by atoms with Gasteiger partial charge in [-0.15, -0.1) is 0 Å². The van der Waals surface area contributed by atoms with Crippen LogP contribution in [0.25, 0.3) is 0 Å². The molecule has 0 aliphatic heterocycles. The van der Waals surface area contributed by atoms with Crippen LogP contribution in [-0.4, -0.2) is 15.9 Å². The molecule has 0 radical (unpaired) electrons. The first-order chi connectivity index (χ1) is 14.3. The molecule has 0 fully saturated rings. The maximum atomic E-state index is 13.0. The summed E-state index contributed by atoms with van der Waals surface area (Å²) >= 11 is 0. The number of benzene rings is 1.